The Labute approximate surface area is 247 Å². The minimum atomic E-state index is -4.68. The normalized spacial score (nSPS) is 23.1. The van der Waals surface area contributed by atoms with E-state index in [1.165, 1.54) is 28.5 Å². The van der Waals surface area contributed by atoms with E-state index in [4.69, 9.17) is 16.3 Å². The lowest BCUT2D eigenvalue weighted by molar-refractivity contribution is -0.137. The van der Waals surface area contributed by atoms with Crippen LogP contribution in [-0.4, -0.2) is 63.5 Å². The van der Waals surface area contributed by atoms with Crippen LogP contribution >= 0.6 is 34.7 Å². The predicted octanol–water partition coefficient (Wildman–Crippen LogP) is 6.06. The molecule has 3 aliphatic rings. The van der Waals surface area contributed by atoms with E-state index in [1.807, 2.05) is 18.7 Å². The monoisotopic (exact) mass is 624 g/mol. The molecule has 3 aromatic rings. The average molecular weight is 625 g/mol. The van der Waals surface area contributed by atoms with E-state index in [-0.39, 0.29) is 53.5 Å². The van der Waals surface area contributed by atoms with Crippen molar-refractivity contribution >= 4 is 57.3 Å². The first kappa shape index (κ1) is 28.6. The van der Waals surface area contributed by atoms with Crippen molar-refractivity contribution in [3.63, 3.8) is 0 Å². The fraction of sp³-hybridized carbons (Fsp3) is 0.464. The number of halogens is 4. The summed E-state index contributed by atoms with van der Waals surface area (Å²) in [5.41, 5.74) is -0.903. The molecule has 2 aliphatic heterocycles. The number of alkyl halides is 3. The number of aromatic nitrogens is 2. The van der Waals surface area contributed by atoms with Crippen LogP contribution in [0.2, 0.25) is 5.02 Å². The van der Waals surface area contributed by atoms with Gasteiger partial charge >= 0.3 is 11.9 Å². The number of rotatable bonds is 5. The summed E-state index contributed by atoms with van der Waals surface area (Å²) in [5.74, 6) is 0.365. The lowest BCUT2D eigenvalue weighted by atomic mass is 10.0. The minimum Gasteiger partial charge on any atom is -0.372 e. The van der Waals surface area contributed by atoms with Crippen molar-refractivity contribution in [2.24, 2.45) is 0 Å². The Hall–Kier alpha value is -2.54. The van der Waals surface area contributed by atoms with Crippen LogP contribution in [0.25, 0.3) is 21.3 Å². The fourth-order valence-electron chi connectivity index (χ4n) is 5.88. The molecule has 0 N–H and O–H groups in total. The Kier molecular flexibility index (Phi) is 7.40. The quantitative estimate of drug-likeness (QED) is 0.322. The van der Waals surface area contributed by atoms with Gasteiger partial charge < -0.3 is 14.5 Å². The molecule has 6 rings (SSSR count). The summed E-state index contributed by atoms with van der Waals surface area (Å²) in [6.45, 7) is 8.11. The first-order valence-corrected chi connectivity index (χ1v) is 15.6. The molecule has 1 saturated heterocycles. The van der Waals surface area contributed by atoms with E-state index in [0.29, 0.717) is 39.2 Å². The zero-order chi connectivity index (χ0) is 29.2. The van der Waals surface area contributed by atoms with Crippen molar-refractivity contribution in [1.29, 1.82) is 0 Å². The lowest BCUT2D eigenvalue weighted by Crippen LogP contribution is -2.58. The van der Waals surface area contributed by atoms with Crippen LogP contribution < -0.4 is 10.6 Å². The molecule has 1 aromatic carbocycles. The standard InChI is InChI=1S/C28H28ClF3N4O3S2/c1-4-22(37)36-14(2)9-34(10-15(36)3)26-19-8-20(28(30,31)32)23(21-7-16(29)12-40-21)25-24(19)35(27(38)33-26)11-18(13-41-25)39-17-5-6-17/h4,7-8,12,14-15,17-18H,1,5-6,9-11,13H2,2-3H3/t14-,15+,18?. The van der Waals surface area contributed by atoms with Gasteiger partial charge in [0.05, 0.1) is 34.9 Å². The summed E-state index contributed by atoms with van der Waals surface area (Å²) < 4.78 is 52.0. The fourth-order valence-corrected chi connectivity index (χ4v) is 8.35. The first-order chi connectivity index (χ1) is 19.5. The van der Waals surface area contributed by atoms with E-state index in [9.17, 15) is 22.8 Å². The van der Waals surface area contributed by atoms with Crippen molar-refractivity contribution in [3.05, 3.63) is 51.2 Å². The van der Waals surface area contributed by atoms with Crippen molar-refractivity contribution in [3.8, 4) is 10.4 Å². The maximum absolute atomic E-state index is 14.8. The van der Waals surface area contributed by atoms with Crippen LogP contribution in [-0.2, 0) is 22.3 Å². The Morgan fingerprint density at radius 3 is 2.46 bits per heavy atom. The van der Waals surface area contributed by atoms with Gasteiger partial charge in [-0.1, -0.05) is 18.2 Å². The highest BCUT2D eigenvalue weighted by Gasteiger charge is 2.40. The van der Waals surface area contributed by atoms with Gasteiger partial charge in [-0.3, -0.25) is 9.36 Å². The summed E-state index contributed by atoms with van der Waals surface area (Å²) in [6.07, 6.45) is -1.80. The third-order valence-electron chi connectivity index (χ3n) is 7.67. The Morgan fingerprint density at radius 2 is 1.88 bits per heavy atom. The molecule has 7 nitrogen and oxygen atoms in total. The highest BCUT2D eigenvalue weighted by atomic mass is 35.5. The summed E-state index contributed by atoms with van der Waals surface area (Å²) in [5, 5.41) is 2.20. The molecule has 0 radical (unpaired) electrons. The third kappa shape index (κ3) is 5.28. The summed E-state index contributed by atoms with van der Waals surface area (Å²) >= 11 is 8.59. The number of carbonyl (C=O) groups is 1. The molecule has 0 bridgehead atoms. The first-order valence-electron chi connectivity index (χ1n) is 13.4. The molecule has 0 spiro atoms. The van der Waals surface area contributed by atoms with Crippen LogP contribution in [0.15, 0.2) is 39.9 Å². The van der Waals surface area contributed by atoms with E-state index in [1.54, 1.807) is 10.3 Å². The molecule has 13 heteroatoms. The molecule has 3 atom stereocenters. The van der Waals surface area contributed by atoms with Crippen molar-refractivity contribution in [2.75, 3.05) is 23.7 Å². The number of anilines is 1. The highest BCUT2D eigenvalue weighted by Crippen LogP contribution is 2.50. The zero-order valence-corrected chi connectivity index (χ0v) is 24.8. The van der Waals surface area contributed by atoms with Crippen molar-refractivity contribution in [2.45, 2.75) is 68.6 Å². The minimum absolute atomic E-state index is 0.0207. The van der Waals surface area contributed by atoms with Crippen LogP contribution in [0.1, 0.15) is 32.3 Å². The summed E-state index contributed by atoms with van der Waals surface area (Å²) in [4.78, 5) is 34.8. The van der Waals surface area contributed by atoms with Gasteiger partial charge in [0.2, 0.25) is 5.91 Å². The second kappa shape index (κ2) is 10.6. The van der Waals surface area contributed by atoms with E-state index in [0.717, 1.165) is 30.2 Å². The third-order valence-corrected chi connectivity index (χ3v) is 10.2. The van der Waals surface area contributed by atoms with Crippen LogP contribution in [0.3, 0.4) is 0 Å². The van der Waals surface area contributed by atoms with Gasteiger partial charge in [-0.05, 0) is 44.9 Å². The molecule has 1 amide bonds. The average Bonchev–Trinajstić information content (AvgIpc) is 3.66. The molecular formula is C28H28ClF3N4O3S2. The number of nitrogens with zero attached hydrogens (tertiary/aromatic N) is 4. The van der Waals surface area contributed by atoms with Gasteiger partial charge in [0.15, 0.2) is 0 Å². The van der Waals surface area contributed by atoms with E-state index >= 15 is 0 Å². The van der Waals surface area contributed by atoms with Crippen LogP contribution in [0.5, 0.6) is 0 Å². The zero-order valence-electron chi connectivity index (χ0n) is 22.4. The van der Waals surface area contributed by atoms with Crippen LogP contribution in [0, 0.1) is 0 Å². The van der Waals surface area contributed by atoms with Gasteiger partial charge in [-0.25, -0.2) is 4.79 Å². The molecule has 4 heterocycles. The lowest BCUT2D eigenvalue weighted by Gasteiger charge is -2.44. The van der Waals surface area contributed by atoms with Gasteiger partial charge in [0.1, 0.15) is 5.82 Å². The largest absolute Gasteiger partial charge is 0.417 e. The predicted molar refractivity (Wildman–Crippen MR) is 156 cm³/mol. The smallest absolute Gasteiger partial charge is 0.372 e. The molecule has 1 saturated carbocycles. The molecule has 1 aliphatic carbocycles. The van der Waals surface area contributed by atoms with Gasteiger partial charge in [-0.15, -0.1) is 23.1 Å². The van der Waals surface area contributed by atoms with Gasteiger partial charge in [0.25, 0.3) is 0 Å². The number of carbonyl (C=O) groups excluding carboxylic acids is 1. The highest BCUT2D eigenvalue weighted by molar-refractivity contribution is 7.99. The number of hydrogen-bond donors (Lipinski definition) is 0. The number of thiophene rings is 1. The molecule has 218 valence electrons. The van der Waals surface area contributed by atoms with Crippen LogP contribution in [0.4, 0.5) is 19.0 Å². The van der Waals surface area contributed by atoms with E-state index < -0.39 is 17.4 Å². The molecule has 2 fully saturated rings. The molecule has 1 unspecified atom stereocenters. The van der Waals surface area contributed by atoms with Gasteiger partial charge in [0, 0.05) is 57.0 Å². The Morgan fingerprint density at radius 1 is 1.17 bits per heavy atom. The number of piperazine rings is 1. The van der Waals surface area contributed by atoms with Crippen molar-refractivity contribution in [1.82, 2.24) is 14.5 Å². The SMILES string of the molecule is C=CC(=O)N1[C@H](C)CN(c2nc(=O)n3c4c(c(-c5cc(Cl)cs5)c(C(F)(F)F)cc24)SCC(OC2CC2)C3)C[C@@H]1C. The topological polar surface area (TPSA) is 67.7 Å². The van der Waals surface area contributed by atoms with E-state index in [2.05, 4.69) is 11.6 Å². The summed E-state index contributed by atoms with van der Waals surface area (Å²) in [6, 6.07) is 2.10. The van der Waals surface area contributed by atoms with Gasteiger partial charge in [-0.2, -0.15) is 18.2 Å². The maximum atomic E-state index is 14.8. The second-order valence-corrected chi connectivity index (χ2v) is 13.2. The Balaban J connectivity index is 1.59. The number of hydrogen-bond acceptors (Lipinski definition) is 7. The molecule has 41 heavy (non-hydrogen) atoms. The number of ether oxygens (including phenoxy) is 1. The second-order valence-electron chi connectivity index (χ2n) is 10.8. The number of thioether (sulfide) groups is 1. The maximum Gasteiger partial charge on any atom is 0.417 e. The summed E-state index contributed by atoms with van der Waals surface area (Å²) in [7, 11) is 0. The number of benzene rings is 1. The van der Waals surface area contributed by atoms with Crippen molar-refractivity contribution < 1.29 is 22.7 Å². The number of amides is 1. The Bertz CT molecular complexity index is 1590. The molecular weight excluding hydrogens is 597 g/mol. The molecule has 2 aromatic heterocycles.